The molecule has 1 saturated carbocycles. The predicted molar refractivity (Wildman–Crippen MR) is 117 cm³/mol. The lowest BCUT2D eigenvalue weighted by Gasteiger charge is -2.52. The number of piperidine rings is 1. The highest BCUT2D eigenvalue weighted by Crippen LogP contribution is 2.54. The van der Waals surface area contributed by atoms with Gasteiger partial charge in [0.1, 0.15) is 5.75 Å². The smallest absolute Gasteiger partial charge is 0.427 e. The lowest BCUT2D eigenvalue weighted by atomic mass is 9.60. The number of carbonyl (C=O) groups is 1. The van der Waals surface area contributed by atoms with E-state index in [1.807, 2.05) is 24.0 Å². The number of carbonyl (C=O) groups excluding carboxylic acids is 1. The van der Waals surface area contributed by atoms with E-state index in [1.54, 1.807) is 24.3 Å². The summed E-state index contributed by atoms with van der Waals surface area (Å²) in [7, 11) is 1.53. The van der Waals surface area contributed by atoms with Crippen LogP contribution in [0.15, 0.2) is 36.7 Å². The number of hydrogen-bond donors (Lipinski definition) is 0. The minimum absolute atomic E-state index is 0.0305. The first-order valence-electron chi connectivity index (χ1n) is 11.4. The highest BCUT2D eigenvalue weighted by molar-refractivity contribution is 5.68. The molecule has 0 radical (unpaired) electrons. The van der Waals surface area contributed by atoms with Crippen LogP contribution in [0.25, 0.3) is 0 Å². The zero-order chi connectivity index (χ0) is 24.3. The Kier molecular flexibility index (Phi) is 7.06. The average molecular weight is 482 g/mol. The van der Waals surface area contributed by atoms with Gasteiger partial charge in [0.05, 0.1) is 32.6 Å². The molecule has 1 aliphatic carbocycles. The number of ether oxygens (including phenoxy) is 3. The van der Waals surface area contributed by atoms with Crippen molar-refractivity contribution >= 4 is 6.09 Å². The number of aromatic nitrogens is 2. The Bertz CT molecular complexity index is 961. The quantitative estimate of drug-likeness (QED) is 0.563. The van der Waals surface area contributed by atoms with E-state index in [0.29, 0.717) is 30.4 Å². The van der Waals surface area contributed by atoms with Crippen molar-refractivity contribution in [3.8, 4) is 5.75 Å². The van der Waals surface area contributed by atoms with E-state index in [9.17, 15) is 18.0 Å². The molecule has 1 spiro atoms. The highest BCUT2D eigenvalue weighted by atomic mass is 19.4. The summed E-state index contributed by atoms with van der Waals surface area (Å²) in [5.74, 6) is 0.642. The van der Waals surface area contributed by atoms with E-state index < -0.39 is 25.0 Å². The zero-order valence-corrected chi connectivity index (χ0v) is 19.4. The van der Waals surface area contributed by atoms with Gasteiger partial charge in [0.15, 0.2) is 0 Å². The van der Waals surface area contributed by atoms with Gasteiger partial charge in [-0.1, -0.05) is 12.1 Å². The second-order valence-electron chi connectivity index (χ2n) is 9.32. The molecule has 1 amide bonds. The van der Waals surface area contributed by atoms with Gasteiger partial charge in [0.2, 0.25) is 6.10 Å². The van der Waals surface area contributed by atoms with Crippen molar-refractivity contribution in [3.05, 3.63) is 47.8 Å². The van der Waals surface area contributed by atoms with Crippen molar-refractivity contribution in [1.82, 2.24) is 14.7 Å². The maximum atomic E-state index is 13.5. The molecule has 1 saturated heterocycles. The maximum Gasteiger partial charge on any atom is 0.427 e. The molecule has 2 aromatic rings. The fourth-order valence-corrected chi connectivity index (χ4v) is 4.73. The Balaban J connectivity index is 1.23. The number of nitrogens with zero attached hydrogens (tertiary/aromatic N) is 3. The van der Waals surface area contributed by atoms with Gasteiger partial charge in [-0.25, -0.2) is 4.79 Å². The number of amides is 1. The Morgan fingerprint density at radius 2 is 1.88 bits per heavy atom. The van der Waals surface area contributed by atoms with E-state index in [-0.39, 0.29) is 12.0 Å². The van der Waals surface area contributed by atoms with Crippen molar-refractivity contribution in [3.63, 3.8) is 0 Å². The lowest BCUT2D eigenvalue weighted by Crippen LogP contribution is -2.50. The summed E-state index contributed by atoms with van der Waals surface area (Å²) in [6.45, 7) is 1.99. The molecule has 0 bridgehead atoms. The summed E-state index contributed by atoms with van der Waals surface area (Å²) in [5.41, 5.74) is 1.94. The van der Waals surface area contributed by atoms with Gasteiger partial charge in [-0.05, 0) is 61.3 Å². The van der Waals surface area contributed by atoms with E-state index >= 15 is 0 Å². The first kappa shape index (κ1) is 24.4. The molecule has 1 aliphatic heterocycles. The van der Waals surface area contributed by atoms with Crippen LogP contribution in [-0.4, -0.2) is 59.9 Å². The highest BCUT2D eigenvalue weighted by Gasteiger charge is 2.48. The molecule has 2 fully saturated rings. The van der Waals surface area contributed by atoms with Crippen LogP contribution in [0.5, 0.6) is 5.75 Å². The van der Waals surface area contributed by atoms with Crippen LogP contribution in [0, 0.1) is 12.3 Å². The number of halogens is 3. The molecule has 34 heavy (non-hydrogen) atoms. The van der Waals surface area contributed by atoms with Crippen LogP contribution >= 0.6 is 0 Å². The van der Waals surface area contributed by atoms with Gasteiger partial charge in [-0.2, -0.15) is 18.3 Å². The molecule has 4 rings (SSSR count). The fraction of sp³-hybridized carbons (Fsp3) is 0.583. The SMILES string of the molecule is COc1ccc(COC[C@@H](OC(=O)N2CCC3(CC2)CC(n2cc(C)cn2)C3)C(F)(F)F)cc1. The van der Waals surface area contributed by atoms with Crippen LogP contribution in [0.1, 0.15) is 42.9 Å². The minimum Gasteiger partial charge on any atom is -0.497 e. The molecular weight excluding hydrogens is 451 g/mol. The number of benzene rings is 1. The molecule has 7 nitrogen and oxygen atoms in total. The third kappa shape index (κ3) is 5.65. The average Bonchev–Trinajstić information content (AvgIpc) is 3.22. The summed E-state index contributed by atoms with van der Waals surface area (Å²) in [6.07, 6.45) is -0.653. The monoisotopic (exact) mass is 481 g/mol. The second kappa shape index (κ2) is 9.85. The van der Waals surface area contributed by atoms with Gasteiger partial charge in [0.25, 0.3) is 0 Å². The van der Waals surface area contributed by atoms with Crippen molar-refractivity contribution in [2.24, 2.45) is 5.41 Å². The Hall–Kier alpha value is -2.75. The van der Waals surface area contributed by atoms with Crippen LogP contribution in [0.3, 0.4) is 0 Å². The zero-order valence-electron chi connectivity index (χ0n) is 19.4. The summed E-state index contributed by atoms with van der Waals surface area (Å²) < 4.78 is 57.5. The molecule has 2 aliphatic rings. The fourth-order valence-electron chi connectivity index (χ4n) is 4.73. The Labute approximate surface area is 196 Å². The van der Waals surface area contributed by atoms with Crippen LogP contribution in [0.2, 0.25) is 0 Å². The van der Waals surface area contributed by atoms with Crippen molar-refractivity contribution in [2.75, 3.05) is 26.8 Å². The van der Waals surface area contributed by atoms with Gasteiger partial charge < -0.3 is 19.1 Å². The third-order valence-electron chi connectivity index (χ3n) is 6.83. The second-order valence-corrected chi connectivity index (χ2v) is 9.32. The summed E-state index contributed by atoms with van der Waals surface area (Å²) in [6, 6.07) is 7.16. The van der Waals surface area contributed by atoms with E-state index in [4.69, 9.17) is 14.2 Å². The molecule has 2 heterocycles. The maximum absolute atomic E-state index is 13.5. The number of hydrogen-bond acceptors (Lipinski definition) is 5. The van der Waals surface area contributed by atoms with Crippen molar-refractivity contribution < 1.29 is 32.2 Å². The van der Waals surface area contributed by atoms with Crippen molar-refractivity contribution in [2.45, 2.75) is 57.5 Å². The normalized spacial score (nSPS) is 19.0. The predicted octanol–water partition coefficient (Wildman–Crippen LogP) is 4.90. The first-order valence-corrected chi connectivity index (χ1v) is 11.4. The van der Waals surface area contributed by atoms with Gasteiger partial charge in [0, 0.05) is 19.3 Å². The Morgan fingerprint density at radius 3 is 2.44 bits per heavy atom. The standard InChI is InChI=1S/C24H30F3N3O4/c1-17-13-28-30(14-17)19-11-23(12-19)7-9-29(10-8-23)22(31)34-21(24(25,26)27)16-33-15-18-3-5-20(32-2)6-4-18/h3-6,13-14,19,21H,7-12,15-16H2,1-2H3/t21-/m1/s1. The number of methoxy groups -OCH3 is 1. The summed E-state index contributed by atoms with van der Waals surface area (Å²) in [5, 5.41) is 4.37. The number of likely N-dealkylation sites (tertiary alicyclic amines) is 1. The van der Waals surface area contributed by atoms with Crippen LogP contribution in [0.4, 0.5) is 18.0 Å². The first-order chi connectivity index (χ1) is 16.2. The van der Waals surface area contributed by atoms with E-state index in [1.165, 1.54) is 12.0 Å². The van der Waals surface area contributed by atoms with Gasteiger partial charge in [-0.3, -0.25) is 4.68 Å². The largest absolute Gasteiger partial charge is 0.497 e. The number of rotatable bonds is 7. The van der Waals surface area contributed by atoms with Crippen LogP contribution in [-0.2, 0) is 16.1 Å². The van der Waals surface area contributed by atoms with Crippen molar-refractivity contribution in [1.29, 1.82) is 0 Å². The van der Waals surface area contributed by atoms with Gasteiger partial charge >= 0.3 is 12.3 Å². The number of aryl methyl sites for hydroxylation is 1. The number of alkyl halides is 3. The molecule has 1 aromatic carbocycles. The molecule has 10 heteroatoms. The molecule has 1 aromatic heterocycles. The molecule has 0 unspecified atom stereocenters. The summed E-state index contributed by atoms with van der Waals surface area (Å²) >= 11 is 0. The van der Waals surface area contributed by atoms with E-state index in [0.717, 1.165) is 31.2 Å². The Morgan fingerprint density at radius 1 is 1.21 bits per heavy atom. The molecule has 0 N–H and O–H groups in total. The third-order valence-corrected chi connectivity index (χ3v) is 6.83. The summed E-state index contributed by atoms with van der Waals surface area (Å²) in [4.78, 5) is 13.9. The van der Waals surface area contributed by atoms with E-state index in [2.05, 4.69) is 5.10 Å². The van der Waals surface area contributed by atoms with Gasteiger partial charge in [-0.15, -0.1) is 0 Å². The van der Waals surface area contributed by atoms with Crippen LogP contribution < -0.4 is 4.74 Å². The molecule has 1 atom stereocenters. The minimum atomic E-state index is -4.71. The molecular formula is C24H30F3N3O4. The lowest BCUT2D eigenvalue weighted by molar-refractivity contribution is -0.220. The topological polar surface area (TPSA) is 65.8 Å². The molecule has 186 valence electrons.